The fourth-order valence-electron chi connectivity index (χ4n) is 5.22. The molecule has 0 radical (unpaired) electrons. The van der Waals surface area contributed by atoms with Crippen molar-refractivity contribution in [1.82, 2.24) is 4.90 Å². The quantitative estimate of drug-likeness (QED) is 0.526. The highest BCUT2D eigenvalue weighted by atomic mass is 19.1. The van der Waals surface area contributed by atoms with E-state index in [4.69, 9.17) is 0 Å². The molecule has 0 bridgehead atoms. The number of carbonyl (C=O) groups excluding carboxylic acids is 2. The summed E-state index contributed by atoms with van der Waals surface area (Å²) < 4.78 is 13.3. The number of non-ortho nitro benzene ring substituents is 1. The van der Waals surface area contributed by atoms with Crippen molar-refractivity contribution in [2.45, 2.75) is 37.8 Å². The SMILES string of the molecule is CC1(C(=O)O)C2CCCC(=O)C2C(c2cccc([N+](=O)[O-])c2)N1C(=O)Nc1ccc(F)cc1. The molecule has 2 aromatic rings. The third kappa shape index (κ3) is 3.71. The average molecular weight is 455 g/mol. The van der Waals surface area contributed by atoms with Crippen LogP contribution >= 0.6 is 0 Å². The number of rotatable bonds is 4. The van der Waals surface area contributed by atoms with Crippen molar-refractivity contribution >= 4 is 29.2 Å². The number of anilines is 1. The lowest BCUT2D eigenvalue weighted by Crippen LogP contribution is -2.56. The monoisotopic (exact) mass is 455 g/mol. The summed E-state index contributed by atoms with van der Waals surface area (Å²) in [5.41, 5.74) is -1.41. The van der Waals surface area contributed by atoms with Gasteiger partial charge in [-0.25, -0.2) is 14.0 Å². The standard InChI is InChI=1S/C23H22FN3O6/c1-23(21(29)30)17-6-3-7-18(28)19(17)20(13-4-2-5-16(12-13)27(32)33)26(23)22(31)25-15-10-8-14(24)9-11-15/h2,4-5,8-12,17,19-20H,3,6-7H2,1H3,(H,25,31)(H,29,30). The molecule has 2 aromatic carbocycles. The van der Waals surface area contributed by atoms with Crippen LogP contribution in [0.4, 0.5) is 20.6 Å². The molecule has 2 fully saturated rings. The van der Waals surface area contributed by atoms with Gasteiger partial charge in [-0.2, -0.15) is 0 Å². The summed E-state index contributed by atoms with van der Waals surface area (Å²) in [7, 11) is 0. The van der Waals surface area contributed by atoms with Crippen molar-refractivity contribution in [3.63, 3.8) is 0 Å². The van der Waals surface area contributed by atoms with Gasteiger partial charge >= 0.3 is 12.0 Å². The van der Waals surface area contributed by atoms with E-state index in [0.29, 0.717) is 18.4 Å². The second kappa shape index (κ2) is 8.27. The van der Waals surface area contributed by atoms with Crippen molar-refractivity contribution in [1.29, 1.82) is 0 Å². The summed E-state index contributed by atoms with van der Waals surface area (Å²) in [6, 6.07) is 8.74. The number of benzene rings is 2. The number of urea groups is 1. The molecule has 1 aliphatic carbocycles. The Hall–Kier alpha value is -3.82. The number of Topliss-reactive ketones (excluding diaryl/α,β-unsaturated/α-hetero) is 1. The van der Waals surface area contributed by atoms with E-state index in [2.05, 4.69) is 5.32 Å². The molecular formula is C23H22FN3O6. The van der Waals surface area contributed by atoms with Gasteiger partial charge in [-0.05, 0) is 49.6 Å². The normalized spacial score (nSPS) is 26.5. The van der Waals surface area contributed by atoms with E-state index >= 15 is 0 Å². The van der Waals surface area contributed by atoms with E-state index in [1.54, 1.807) is 6.07 Å². The number of nitro benzene ring substituents is 1. The summed E-state index contributed by atoms with van der Waals surface area (Å²) >= 11 is 0. The first kappa shape index (κ1) is 22.4. The molecule has 1 saturated carbocycles. The number of ketones is 1. The number of carbonyl (C=O) groups is 3. The highest BCUT2D eigenvalue weighted by Gasteiger charge is 2.64. The number of nitrogens with one attached hydrogen (secondary N) is 1. The number of carboxylic acid groups (broad SMARTS) is 1. The first-order valence-electron chi connectivity index (χ1n) is 10.5. The van der Waals surface area contributed by atoms with Gasteiger partial charge in [0.2, 0.25) is 0 Å². The Morgan fingerprint density at radius 2 is 1.94 bits per heavy atom. The van der Waals surface area contributed by atoms with Crippen LogP contribution in [-0.4, -0.2) is 38.3 Å². The second-order valence-corrected chi connectivity index (χ2v) is 8.55. The zero-order valence-electron chi connectivity index (χ0n) is 17.7. The van der Waals surface area contributed by atoms with Crippen molar-refractivity contribution in [2.75, 3.05) is 5.32 Å². The van der Waals surface area contributed by atoms with E-state index in [-0.39, 0.29) is 23.6 Å². The van der Waals surface area contributed by atoms with E-state index in [9.17, 15) is 34.0 Å². The van der Waals surface area contributed by atoms with Crippen LogP contribution in [0.2, 0.25) is 0 Å². The van der Waals surface area contributed by atoms with Gasteiger partial charge in [0.1, 0.15) is 17.1 Å². The van der Waals surface area contributed by atoms with Crippen LogP contribution in [-0.2, 0) is 9.59 Å². The zero-order valence-corrected chi connectivity index (χ0v) is 17.7. The van der Waals surface area contributed by atoms with Crippen LogP contribution in [0.5, 0.6) is 0 Å². The maximum absolute atomic E-state index is 13.5. The van der Waals surface area contributed by atoms with Crippen molar-refractivity contribution < 1.29 is 28.8 Å². The van der Waals surface area contributed by atoms with Gasteiger partial charge in [0.25, 0.3) is 5.69 Å². The number of likely N-dealkylation sites (tertiary alicyclic amines) is 1. The molecule has 33 heavy (non-hydrogen) atoms. The average Bonchev–Trinajstić information content (AvgIpc) is 3.07. The van der Waals surface area contributed by atoms with Crippen LogP contribution in [0.1, 0.15) is 37.8 Å². The molecule has 0 aromatic heterocycles. The molecular weight excluding hydrogens is 433 g/mol. The van der Waals surface area contributed by atoms with E-state index in [0.717, 1.165) is 17.0 Å². The van der Waals surface area contributed by atoms with Crippen LogP contribution in [0.15, 0.2) is 48.5 Å². The third-order valence-electron chi connectivity index (χ3n) is 6.75. The van der Waals surface area contributed by atoms with Crippen molar-refractivity contribution in [2.24, 2.45) is 11.8 Å². The zero-order chi connectivity index (χ0) is 23.9. The minimum Gasteiger partial charge on any atom is -0.479 e. The number of carboxylic acids is 1. The van der Waals surface area contributed by atoms with Crippen molar-refractivity contribution in [3.8, 4) is 0 Å². The Kier molecular flexibility index (Phi) is 5.61. The molecule has 4 atom stereocenters. The van der Waals surface area contributed by atoms with Gasteiger partial charge in [0.15, 0.2) is 0 Å². The minimum absolute atomic E-state index is 0.174. The molecule has 4 rings (SSSR count). The largest absolute Gasteiger partial charge is 0.479 e. The maximum atomic E-state index is 13.5. The lowest BCUT2D eigenvalue weighted by molar-refractivity contribution is -0.385. The van der Waals surface area contributed by atoms with Gasteiger partial charge in [0.05, 0.1) is 11.0 Å². The number of aliphatic carboxylic acids is 1. The molecule has 9 nitrogen and oxygen atoms in total. The third-order valence-corrected chi connectivity index (χ3v) is 6.75. The molecule has 1 saturated heterocycles. The number of hydrogen-bond acceptors (Lipinski definition) is 5. The molecule has 1 heterocycles. The van der Waals surface area contributed by atoms with E-state index in [1.807, 2.05) is 0 Å². The first-order valence-corrected chi connectivity index (χ1v) is 10.5. The number of nitro groups is 1. The van der Waals surface area contributed by atoms with Gasteiger partial charge < -0.3 is 15.3 Å². The molecule has 4 unspecified atom stereocenters. The lowest BCUT2D eigenvalue weighted by atomic mass is 9.70. The fourth-order valence-corrected chi connectivity index (χ4v) is 5.22. The fraction of sp³-hybridized carbons (Fsp3) is 0.348. The molecule has 2 amide bonds. The Morgan fingerprint density at radius 3 is 2.58 bits per heavy atom. The van der Waals surface area contributed by atoms with Crippen LogP contribution in [0.3, 0.4) is 0 Å². The van der Waals surface area contributed by atoms with Crippen LogP contribution in [0.25, 0.3) is 0 Å². The molecule has 2 aliphatic rings. The number of nitrogens with zero attached hydrogens (tertiary/aromatic N) is 2. The molecule has 0 spiro atoms. The van der Waals surface area contributed by atoms with Gasteiger partial charge in [-0.15, -0.1) is 0 Å². The topological polar surface area (TPSA) is 130 Å². The Bertz CT molecular complexity index is 1140. The van der Waals surface area contributed by atoms with Gasteiger partial charge in [0, 0.05) is 36.1 Å². The molecule has 172 valence electrons. The lowest BCUT2D eigenvalue weighted by Gasteiger charge is -2.37. The Labute approximate surface area is 188 Å². The van der Waals surface area contributed by atoms with Crippen LogP contribution < -0.4 is 5.32 Å². The predicted molar refractivity (Wildman–Crippen MR) is 115 cm³/mol. The number of halogens is 1. The molecule has 2 N–H and O–H groups in total. The predicted octanol–water partition coefficient (Wildman–Crippen LogP) is 4.15. The summed E-state index contributed by atoms with van der Waals surface area (Å²) in [6.45, 7) is 1.41. The highest BCUT2D eigenvalue weighted by molar-refractivity contribution is 5.97. The van der Waals surface area contributed by atoms with Crippen LogP contribution in [0, 0.1) is 27.8 Å². The van der Waals surface area contributed by atoms with Gasteiger partial charge in [-0.1, -0.05) is 12.1 Å². The molecule has 10 heteroatoms. The Balaban J connectivity index is 1.85. The number of fused-ring (bicyclic) bond motifs is 1. The summed E-state index contributed by atoms with van der Waals surface area (Å²) in [5.74, 6) is -3.43. The second-order valence-electron chi connectivity index (χ2n) is 8.55. The smallest absolute Gasteiger partial charge is 0.329 e. The summed E-state index contributed by atoms with van der Waals surface area (Å²) in [5, 5.41) is 24.2. The molecule has 1 aliphatic heterocycles. The minimum atomic E-state index is -1.74. The first-order chi connectivity index (χ1) is 15.6. The highest BCUT2D eigenvalue weighted by Crippen LogP contribution is 2.55. The summed E-state index contributed by atoms with van der Waals surface area (Å²) in [6.07, 6.45) is 1.17. The summed E-state index contributed by atoms with van der Waals surface area (Å²) in [4.78, 5) is 51.0. The van der Waals surface area contributed by atoms with Gasteiger partial charge in [-0.3, -0.25) is 14.9 Å². The van der Waals surface area contributed by atoms with E-state index < -0.39 is 46.2 Å². The van der Waals surface area contributed by atoms with Crippen molar-refractivity contribution in [3.05, 3.63) is 70.0 Å². The van der Waals surface area contributed by atoms with E-state index in [1.165, 1.54) is 37.3 Å². The maximum Gasteiger partial charge on any atom is 0.329 e. The number of amides is 2. The Morgan fingerprint density at radius 1 is 1.24 bits per heavy atom. The number of hydrogen-bond donors (Lipinski definition) is 2.